The first-order chi connectivity index (χ1) is 8.61. The zero-order chi connectivity index (χ0) is 13.1. The minimum Gasteiger partial charge on any atom is -0.349 e. The molecule has 1 saturated carbocycles. The van der Waals surface area contributed by atoms with Gasteiger partial charge in [-0.15, -0.1) is 0 Å². The van der Waals surface area contributed by atoms with Crippen LogP contribution in [0.1, 0.15) is 36.7 Å². The van der Waals surface area contributed by atoms with Gasteiger partial charge in [-0.25, -0.2) is 0 Å². The Morgan fingerprint density at radius 1 is 1.67 bits per heavy atom. The number of nitrogens with zero attached hydrogens (tertiary/aromatic N) is 1. The lowest BCUT2D eigenvalue weighted by Crippen LogP contribution is -2.39. The number of aromatic nitrogens is 1. The second kappa shape index (κ2) is 5.89. The normalized spacial score (nSPS) is 16.6. The maximum Gasteiger partial charge on any atom is 0.268 e. The van der Waals surface area contributed by atoms with Crippen molar-refractivity contribution in [1.29, 1.82) is 0 Å². The highest BCUT2D eigenvalue weighted by atomic mass is 79.9. The predicted octanol–water partition coefficient (Wildman–Crippen LogP) is 2.13. The third-order valence-electron chi connectivity index (χ3n) is 3.29. The van der Waals surface area contributed by atoms with Crippen LogP contribution >= 0.6 is 15.9 Å². The van der Waals surface area contributed by atoms with Crippen LogP contribution < -0.4 is 11.1 Å². The van der Waals surface area contributed by atoms with Gasteiger partial charge in [0.25, 0.3) is 5.91 Å². The average Bonchev–Trinajstić information content (AvgIpc) is 3.11. The molecule has 1 fully saturated rings. The van der Waals surface area contributed by atoms with Gasteiger partial charge in [-0.05, 0) is 47.2 Å². The molecule has 1 atom stereocenters. The minimum absolute atomic E-state index is 0.0368. The van der Waals surface area contributed by atoms with E-state index in [9.17, 15) is 4.79 Å². The zero-order valence-corrected chi connectivity index (χ0v) is 12.2. The molecular formula is C13H20BrN3O. The summed E-state index contributed by atoms with van der Waals surface area (Å²) in [6, 6.07) is 1.96. The molecule has 3 N–H and O–H groups in total. The van der Waals surface area contributed by atoms with Crippen LogP contribution in [-0.4, -0.2) is 23.1 Å². The van der Waals surface area contributed by atoms with Gasteiger partial charge in [0.2, 0.25) is 0 Å². The van der Waals surface area contributed by atoms with Crippen LogP contribution in [0.4, 0.5) is 0 Å². The molecule has 1 heterocycles. The molecule has 1 aliphatic rings. The molecule has 0 radical (unpaired) electrons. The van der Waals surface area contributed by atoms with Gasteiger partial charge in [0.1, 0.15) is 5.69 Å². The lowest BCUT2D eigenvalue weighted by molar-refractivity contribution is 0.0941. The number of halogens is 1. The van der Waals surface area contributed by atoms with Crippen LogP contribution in [0.3, 0.4) is 0 Å². The van der Waals surface area contributed by atoms with Gasteiger partial charge in [-0.1, -0.05) is 6.92 Å². The smallest absolute Gasteiger partial charge is 0.268 e. The van der Waals surface area contributed by atoms with Crippen molar-refractivity contribution in [2.45, 2.75) is 38.8 Å². The number of rotatable bonds is 6. The highest BCUT2D eigenvalue weighted by molar-refractivity contribution is 9.10. The van der Waals surface area contributed by atoms with E-state index in [1.165, 1.54) is 12.8 Å². The summed E-state index contributed by atoms with van der Waals surface area (Å²) in [6.07, 6.45) is 5.35. The van der Waals surface area contributed by atoms with Crippen LogP contribution in [0.2, 0.25) is 0 Å². The average molecular weight is 314 g/mol. The van der Waals surface area contributed by atoms with Crippen molar-refractivity contribution in [2.24, 2.45) is 11.7 Å². The molecule has 0 aromatic carbocycles. The molecule has 2 rings (SSSR count). The number of nitrogens with one attached hydrogen (secondary N) is 1. The first-order valence-electron chi connectivity index (χ1n) is 6.51. The van der Waals surface area contributed by atoms with Crippen molar-refractivity contribution in [2.75, 3.05) is 6.54 Å². The minimum atomic E-state index is -0.0368. The van der Waals surface area contributed by atoms with Crippen molar-refractivity contribution >= 4 is 21.8 Å². The van der Waals surface area contributed by atoms with Crippen molar-refractivity contribution < 1.29 is 4.79 Å². The van der Waals surface area contributed by atoms with E-state index in [2.05, 4.69) is 28.2 Å². The monoisotopic (exact) mass is 313 g/mol. The van der Waals surface area contributed by atoms with Gasteiger partial charge in [-0.2, -0.15) is 0 Å². The summed E-state index contributed by atoms with van der Waals surface area (Å²) in [7, 11) is 0. The van der Waals surface area contributed by atoms with Gasteiger partial charge in [0.05, 0.1) is 0 Å². The van der Waals surface area contributed by atoms with Gasteiger partial charge in [0, 0.05) is 29.8 Å². The molecule has 0 aliphatic heterocycles. The summed E-state index contributed by atoms with van der Waals surface area (Å²) < 4.78 is 2.91. The molecule has 1 aromatic rings. The number of aryl methyl sites for hydroxylation is 1. The first-order valence-corrected chi connectivity index (χ1v) is 7.30. The molecule has 1 amide bonds. The van der Waals surface area contributed by atoms with Gasteiger partial charge >= 0.3 is 0 Å². The van der Waals surface area contributed by atoms with E-state index >= 15 is 0 Å². The maximum atomic E-state index is 12.1. The zero-order valence-electron chi connectivity index (χ0n) is 10.7. The Morgan fingerprint density at radius 2 is 2.39 bits per heavy atom. The molecule has 0 saturated heterocycles. The molecule has 100 valence electrons. The van der Waals surface area contributed by atoms with Crippen LogP contribution in [0, 0.1) is 5.92 Å². The molecule has 1 unspecified atom stereocenters. The second-order valence-electron chi connectivity index (χ2n) is 4.95. The lowest BCUT2D eigenvalue weighted by Gasteiger charge is -2.12. The van der Waals surface area contributed by atoms with E-state index in [0.717, 1.165) is 17.4 Å². The molecule has 0 bridgehead atoms. The van der Waals surface area contributed by atoms with Crippen molar-refractivity contribution in [1.82, 2.24) is 9.88 Å². The van der Waals surface area contributed by atoms with Crippen LogP contribution in [0.5, 0.6) is 0 Å². The topological polar surface area (TPSA) is 60.0 Å². The fourth-order valence-electron chi connectivity index (χ4n) is 2.08. The van der Waals surface area contributed by atoms with Crippen molar-refractivity contribution in [3.05, 3.63) is 22.4 Å². The number of hydrogen-bond donors (Lipinski definition) is 2. The quantitative estimate of drug-likeness (QED) is 0.845. The Morgan fingerprint density at radius 3 is 3.00 bits per heavy atom. The SMILES string of the molecule is CCCn1cc(Br)cc1C(=O)NCC(N)C1CC1. The van der Waals surface area contributed by atoms with E-state index in [4.69, 9.17) is 5.73 Å². The Labute approximate surface area is 116 Å². The fourth-order valence-corrected chi connectivity index (χ4v) is 2.55. The van der Waals surface area contributed by atoms with E-state index in [1.807, 2.05) is 16.8 Å². The number of nitrogens with two attached hydrogens (primary N) is 1. The summed E-state index contributed by atoms with van der Waals surface area (Å²) >= 11 is 3.41. The summed E-state index contributed by atoms with van der Waals surface area (Å²) in [5.74, 6) is 0.574. The Balaban J connectivity index is 1.94. The van der Waals surface area contributed by atoms with E-state index in [0.29, 0.717) is 18.2 Å². The molecule has 1 aromatic heterocycles. The van der Waals surface area contributed by atoms with Crippen molar-refractivity contribution in [3.63, 3.8) is 0 Å². The lowest BCUT2D eigenvalue weighted by atomic mass is 10.2. The Hall–Kier alpha value is -0.810. The van der Waals surface area contributed by atoms with Crippen molar-refractivity contribution in [3.8, 4) is 0 Å². The maximum absolute atomic E-state index is 12.1. The predicted molar refractivity (Wildman–Crippen MR) is 75.5 cm³/mol. The molecule has 5 heteroatoms. The van der Waals surface area contributed by atoms with Crippen LogP contribution in [0.25, 0.3) is 0 Å². The van der Waals surface area contributed by atoms with Crippen LogP contribution in [0.15, 0.2) is 16.7 Å². The number of carbonyl (C=O) groups excluding carboxylic acids is 1. The Kier molecular flexibility index (Phi) is 4.45. The molecule has 4 nitrogen and oxygen atoms in total. The largest absolute Gasteiger partial charge is 0.349 e. The number of carbonyl (C=O) groups is 1. The fraction of sp³-hybridized carbons (Fsp3) is 0.615. The highest BCUT2D eigenvalue weighted by Crippen LogP contribution is 2.31. The number of hydrogen-bond acceptors (Lipinski definition) is 2. The molecule has 1 aliphatic carbocycles. The summed E-state index contributed by atoms with van der Waals surface area (Å²) in [5.41, 5.74) is 6.68. The van der Waals surface area contributed by atoms with Gasteiger partial charge in [-0.3, -0.25) is 4.79 Å². The first kappa shape index (κ1) is 13.6. The van der Waals surface area contributed by atoms with Crippen LogP contribution in [-0.2, 0) is 6.54 Å². The standard InChI is InChI=1S/C13H20BrN3O/c1-2-5-17-8-10(14)6-12(17)13(18)16-7-11(15)9-3-4-9/h6,8-9,11H,2-5,7,15H2,1H3,(H,16,18). The third kappa shape index (κ3) is 3.36. The van der Waals surface area contributed by atoms with E-state index < -0.39 is 0 Å². The highest BCUT2D eigenvalue weighted by Gasteiger charge is 2.28. The van der Waals surface area contributed by atoms with Gasteiger partial charge < -0.3 is 15.6 Å². The van der Waals surface area contributed by atoms with E-state index in [-0.39, 0.29) is 11.9 Å². The summed E-state index contributed by atoms with van der Waals surface area (Å²) in [6.45, 7) is 3.51. The van der Waals surface area contributed by atoms with E-state index in [1.54, 1.807) is 0 Å². The molecule has 18 heavy (non-hydrogen) atoms. The third-order valence-corrected chi connectivity index (χ3v) is 3.72. The molecular weight excluding hydrogens is 294 g/mol. The summed E-state index contributed by atoms with van der Waals surface area (Å²) in [5, 5.41) is 2.93. The summed E-state index contributed by atoms with van der Waals surface area (Å²) in [4.78, 5) is 12.1. The molecule has 0 spiro atoms. The second-order valence-corrected chi connectivity index (χ2v) is 5.86. The Bertz CT molecular complexity index is 426. The van der Waals surface area contributed by atoms with Gasteiger partial charge in [0.15, 0.2) is 0 Å². The number of amides is 1.